The average Bonchev–Trinajstić information content (AvgIpc) is 2.48. The summed E-state index contributed by atoms with van der Waals surface area (Å²) < 4.78 is 18.8. The molecule has 3 nitrogen and oxygen atoms in total. The minimum absolute atomic E-state index is 0.294. The third kappa shape index (κ3) is 16.2. The third-order valence-electron chi connectivity index (χ3n) is 4.39. The summed E-state index contributed by atoms with van der Waals surface area (Å²) in [5.74, 6) is 0. The van der Waals surface area contributed by atoms with Gasteiger partial charge >= 0.3 is 17.1 Å². The molecule has 0 aliphatic rings. The number of hydrogen-bond acceptors (Lipinski definition) is 3. The highest BCUT2D eigenvalue weighted by molar-refractivity contribution is 6.78. The summed E-state index contributed by atoms with van der Waals surface area (Å²) in [7, 11) is -4.20. The Balaban J connectivity index is 3.98. The van der Waals surface area contributed by atoms with E-state index in [0.717, 1.165) is 19.4 Å². The van der Waals surface area contributed by atoms with E-state index < -0.39 is 17.1 Å². The lowest BCUT2D eigenvalue weighted by Crippen LogP contribution is -2.49. The van der Waals surface area contributed by atoms with E-state index in [1.165, 1.54) is 57.8 Å². The van der Waals surface area contributed by atoms with E-state index in [2.05, 4.69) is 47.0 Å². The highest BCUT2D eigenvalue weighted by Gasteiger charge is 2.37. The normalized spacial score (nSPS) is 14.0. The Bertz CT molecular complexity index is 309. The first kappa shape index (κ1) is 25.3. The van der Waals surface area contributed by atoms with E-state index in [0.29, 0.717) is 6.10 Å². The fourth-order valence-corrected chi connectivity index (χ4v) is 10.1. The summed E-state index contributed by atoms with van der Waals surface area (Å²) in [5, 5.41) is 0. The van der Waals surface area contributed by atoms with Crippen LogP contribution in [0.25, 0.3) is 0 Å². The van der Waals surface area contributed by atoms with Crippen molar-refractivity contribution in [1.82, 2.24) is 0 Å². The van der Waals surface area contributed by atoms with E-state index in [1.54, 1.807) is 0 Å². The van der Waals surface area contributed by atoms with Crippen LogP contribution in [-0.2, 0) is 13.0 Å². The van der Waals surface area contributed by atoms with Crippen molar-refractivity contribution in [3.05, 3.63) is 0 Å². The molecule has 0 spiro atoms. The Kier molecular flexibility index (Phi) is 14.6. The van der Waals surface area contributed by atoms with Gasteiger partial charge in [0.05, 0.1) is 0 Å². The van der Waals surface area contributed by atoms with E-state index in [1.807, 2.05) is 0 Å². The smallest absolute Gasteiger partial charge is 0.323 e. The molecular formula is C20H46O3Si2. The highest BCUT2D eigenvalue weighted by atomic mass is 28.5. The summed E-state index contributed by atoms with van der Waals surface area (Å²) in [6, 6.07) is 0. The molecule has 152 valence electrons. The van der Waals surface area contributed by atoms with Crippen LogP contribution in [0.3, 0.4) is 0 Å². The van der Waals surface area contributed by atoms with Gasteiger partial charge in [-0.05, 0) is 46.0 Å². The van der Waals surface area contributed by atoms with E-state index in [-0.39, 0.29) is 0 Å². The third-order valence-corrected chi connectivity index (χ3v) is 10.2. The van der Waals surface area contributed by atoms with E-state index in [4.69, 9.17) is 13.0 Å². The van der Waals surface area contributed by atoms with Crippen molar-refractivity contribution in [2.45, 2.75) is 124 Å². The minimum atomic E-state index is -2.12. The van der Waals surface area contributed by atoms with Gasteiger partial charge in [-0.15, -0.1) is 0 Å². The predicted octanol–water partition coefficient (Wildman–Crippen LogP) is 7.16. The molecule has 0 aromatic heterocycles. The Morgan fingerprint density at radius 3 is 1.80 bits per heavy atom. The predicted molar refractivity (Wildman–Crippen MR) is 115 cm³/mol. The maximum Gasteiger partial charge on any atom is 0.323 e. The molecule has 0 saturated carbocycles. The van der Waals surface area contributed by atoms with Crippen molar-refractivity contribution in [3.63, 3.8) is 0 Å². The molecule has 0 aromatic rings. The first-order valence-electron chi connectivity index (χ1n) is 10.7. The van der Waals surface area contributed by atoms with Crippen LogP contribution in [0.5, 0.6) is 0 Å². The van der Waals surface area contributed by atoms with Gasteiger partial charge in [0.15, 0.2) is 0 Å². The lowest BCUT2D eigenvalue weighted by Gasteiger charge is -2.34. The van der Waals surface area contributed by atoms with Crippen LogP contribution >= 0.6 is 0 Å². The Labute approximate surface area is 160 Å². The molecule has 0 aliphatic heterocycles. The van der Waals surface area contributed by atoms with Crippen molar-refractivity contribution >= 4 is 17.1 Å². The van der Waals surface area contributed by atoms with Crippen LogP contribution in [-0.4, -0.2) is 29.8 Å². The zero-order chi connectivity index (χ0) is 19.2. The van der Waals surface area contributed by atoms with Crippen LogP contribution in [0, 0.1) is 0 Å². The summed E-state index contributed by atoms with van der Waals surface area (Å²) >= 11 is 0. The van der Waals surface area contributed by atoms with Gasteiger partial charge in [-0.3, -0.25) is 0 Å². The maximum atomic E-state index is 6.40. The lowest BCUT2D eigenvalue weighted by molar-refractivity contribution is 0.142. The van der Waals surface area contributed by atoms with Gasteiger partial charge < -0.3 is 13.0 Å². The van der Waals surface area contributed by atoms with Crippen molar-refractivity contribution in [2.24, 2.45) is 0 Å². The fourth-order valence-electron chi connectivity index (χ4n) is 3.25. The van der Waals surface area contributed by atoms with Gasteiger partial charge in [0.2, 0.25) is 0 Å². The molecule has 0 fully saturated rings. The van der Waals surface area contributed by atoms with Crippen molar-refractivity contribution in [3.8, 4) is 0 Å². The first-order valence-corrected chi connectivity index (χ1v) is 16.4. The second-order valence-corrected chi connectivity index (χ2v) is 15.2. The molecule has 0 aromatic carbocycles. The van der Waals surface area contributed by atoms with Crippen molar-refractivity contribution < 1.29 is 13.0 Å². The van der Waals surface area contributed by atoms with Crippen LogP contribution in [0.15, 0.2) is 0 Å². The SMILES string of the molecule is CCCCCCCCC(C)O[Si](C)(C)O[Si](C)(C)OCCCCCC. The maximum absolute atomic E-state index is 6.40. The Hall–Kier alpha value is 0.314. The Morgan fingerprint density at radius 2 is 1.20 bits per heavy atom. The average molecular weight is 391 g/mol. The monoisotopic (exact) mass is 390 g/mol. The van der Waals surface area contributed by atoms with E-state index in [9.17, 15) is 0 Å². The standard InChI is InChI=1S/C20H46O3Si2/c1-8-10-12-14-15-16-18-20(3)22-25(6,7)23-24(4,5)21-19-17-13-11-9-2/h20H,8-19H2,1-7H3. The zero-order valence-corrected chi connectivity index (χ0v) is 20.3. The largest absolute Gasteiger partial charge is 0.415 e. The molecule has 0 saturated heterocycles. The second-order valence-electron chi connectivity index (χ2n) is 8.30. The van der Waals surface area contributed by atoms with Crippen LogP contribution in [0.4, 0.5) is 0 Å². The molecule has 25 heavy (non-hydrogen) atoms. The summed E-state index contributed by atoms with van der Waals surface area (Å²) in [6.45, 7) is 16.2. The summed E-state index contributed by atoms with van der Waals surface area (Å²) in [6.07, 6.45) is 14.4. The summed E-state index contributed by atoms with van der Waals surface area (Å²) in [5.41, 5.74) is 0. The van der Waals surface area contributed by atoms with Crippen LogP contribution < -0.4 is 0 Å². The molecule has 1 unspecified atom stereocenters. The van der Waals surface area contributed by atoms with Gasteiger partial charge in [-0.1, -0.05) is 71.6 Å². The van der Waals surface area contributed by atoms with Crippen molar-refractivity contribution in [1.29, 1.82) is 0 Å². The number of hydrogen-bond donors (Lipinski definition) is 0. The van der Waals surface area contributed by atoms with Gasteiger partial charge in [0.1, 0.15) is 0 Å². The topological polar surface area (TPSA) is 27.7 Å². The zero-order valence-electron chi connectivity index (χ0n) is 18.3. The van der Waals surface area contributed by atoms with Gasteiger partial charge in [0.25, 0.3) is 0 Å². The van der Waals surface area contributed by atoms with E-state index >= 15 is 0 Å². The molecule has 0 N–H and O–H groups in total. The minimum Gasteiger partial charge on any atom is -0.415 e. The first-order chi connectivity index (χ1) is 11.7. The molecule has 0 aliphatic carbocycles. The number of rotatable bonds is 17. The number of unbranched alkanes of at least 4 members (excludes halogenated alkanes) is 8. The van der Waals surface area contributed by atoms with Crippen molar-refractivity contribution in [2.75, 3.05) is 6.61 Å². The lowest BCUT2D eigenvalue weighted by atomic mass is 10.1. The molecule has 0 rings (SSSR count). The second kappa shape index (κ2) is 14.4. The summed E-state index contributed by atoms with van der Waals surface area (Å²) in [4.78, 5) is 0. The van der Waals surface area contributed by atoms with Crippen LogP contribution in [0.1, 0.15) is 91.4 Å². The molecule has 5 heteroatoms. The fraction of sp³-hybridized carbons (Fsp3) is 1.00. The van der Waals surface area contributed by atoms with Gasteiger partial charge in [-0.2, -0.15) is 0 Å². The quantitative estimate of drug-likeness (QED) is 0.195. The van der Waals surface area contributed by atoms with Gasteiger partial charge in [-0.25, -0.2) is 0 Å². The highest BCUT2D eigenvalue weighted by Crippen LogP contribution is 2.21. The molecule has 0 bridgehead atoms. The van der Waals surface area contributed by atoms with Crippen LogP contribution in [0.2, 0.25) is 26.2 Å². The molecular weight excluding hydrogens is 344 g/mol. The Morgan fingerprint density at radius 1 is 0.680 bits per heavy atom. The molecule has 0 amide bonds. The molecule has 0 heterocycles. The molecule has 1 atom stereocenters. The van der Waals surface area contributed by atoms with Gasteiger partial charge in [0, 0.05) is 12.7 Å². The molecule has 0 radical (unpaired) electrons.